The molecule has 34 heavy (non-hydrogen) atoms. The molecule has 0 atom stereocenters. The fraction of sp³-hybridized carbons (Fsp3) is 0.292. The molecule has 0 spiro atoms. The second kappa shape index (κ2) is 8.77. The first-order valence-corrected chi connectivity index (χ1v) is 12.5. The van der Waals surface area contributed by atoms with Gasteiger partial charge in [0, 0.05) is 35.2 Å². The molecule has 1 N–H and O–H groups in total. The van der Waals surface area contributed by atoms with Crippen molar-refractivity contribution < 1.29 is 9.59 Å². The summed E-state index contributed by atoms with van der Waals surface area (Å²) in [4.78, 5) is 49.4. The largest absolute Gasteiger partial charge is 0.337 e. The average molecular weight is 494 g/mol. The zero-order valence-corrected chi connectivity index (χ0v) is 20.7. The molecule has 1 aliphatic heterocycles. The van der Waals surface area contributed by atoms with Crippen molar-refractivity contribution >= 4 is 49.7 Å². The van der Waals surface area contributed by atoms with Crippen LogP contribution in [0.2, 0.25) is 0 Å². The molecule has 8 nitrogen and oxygen atoms in total. The van der Waals surface area contributed by atoms with Gasteiger partial charge in [-0.2, -0.15) is 0 Å². The number of anilines is 1. The molecule has 0 radical (unpaired) electrons. The number of nitrogens with zero attached hydrogens (tertiary/aromatic N) is 4. The summed E-state index contributed by atoms with van der Waals surface area (Å²) in [7, 11) is 0. The lowest BCUT2D eigenvalue weighted by Crippen LogP contribution is -2.33. The lowest BCUT2D eigenvalue weighted by atomic mass is 10.0. The quantitative estimate of drug-likeness (QED) is 0.467. The fourth-order valence-electron chi connectivity index (χ4n) is 4.07. The number of amides is 2. The van der Waals surface area contributed by atoms with E-state index in [0.29, 0.717) is 35.8 Å². The van der Waals surface area contributed by atoms with E-state index in [9.17, 15) is 14.4 Å². The molecular weight excluding hydrogens is 470 g/mol. The lowest BCUT2D eigenvalue weighted by Gasteiger charge is -2.26. The number of para-hydroxylation sites is 1. The third-order valence-corrected chi connectivity index (χ3v) is 8.28. The van der Waals surface area contributed by atoms with Crippen molar-refractivity contribution in [2.75, 3.05) is 11.9 Å². The first-order chi connectivity index (χ1) is 16.3. The van der Waals surface area contributed by atoms with E-state index in [-0.39, 0.29) is 23.9 Å². The number of thiophene rings is 1. The van der Waals surface area contributed by atoms with Gasteiger partial charge in [-0.25, -0.2) is 9.97 Å². The summed E-state index contributed by atoms with van der Waals surface area (Å²) in [5.74, 6) is -0.274. The van der Waals surface area contributed by atoms with Gasteiger partial charge in [-0.05, 0) is 38.0 Å². The molecule has 0 fully saturated rings. The Bertz CT molecular complexity index is 1470. The maximum Gasteiger partial charge on any atom is 0.256 e. The topological polar surface area (TPSA) is 97.2 Å². The highest BCUT2D eigenvalue weighted by Crippen LogP contribution is 2.45. The Kier molecular flexibility index (Phi) is 5.78. The number of carbonyl (C=O) groups is 2. The molecule has 0 saturated carbocycles. The minimum atomic E-state index is -0.309. The van der Waals surface area contributed by atoms with E-state index >= 15 is 0 Å². The predicted octanol–water partition coefficient (Wildman–Crippen LogP) is 3.74. The number of hydrogen-bond acceptors (Lipinski definition) is 7. The number of thiazole rings is 1. The maximum atomic E-state index is 13.0. The van der Waals surface area contributed by atoms with Crippen LogP contribution in [-0.4, -0.2) is 37.8 Å². The highest BCUT2D eigenvalue weighted by atomic mass is 32.1. The predicted molar refractivity (Wildman–Crippen MR) is 134 cm³/mol. The van der Waals surface area contributed by atoms with Crippen LogP contribution in [0.4, 0.5) is 5.00 Å². The number of fused-ring (bicyclic) bond motifs is 2. The first-order valence-electron chi connectivity index (χ1n) is 10.9. The van der Waals surface area contributed by atoms with Crippen molar-refractivity contribution in [3.63, 3.8) is 0 Å². The van der Waals surface area contributed by atoms with Crippen molar-refractivity contribution in [3.8, 4) is 10.6 Å². The Labute approximate surface area is 203 Å². The summed E-state index contributed by atoms with van der Waals surface area (Å²) in [5, 5.41) is 4.56. The van der Waals surface area contributed by atoms with Crippen LogP contribution < -0.4 is 10.9 Å². The molecule has 1 aliphatic rings. The smallest absolute Gasteiger partial charge is 0.256 e. The van der Waals surface area contributed by atoms with Gasteiger partial charge in [-0.15, -0.1) is 22.7 Å². The number of carbonyl (C=O) groups excluding carboxylic acids is 2. The number of nitrogens with one attached hydrogen (secondary N) is 1. The zero-order chi connectivity index (χ0) is 24.0. The van der Waals surface area contributed by atoms with E-state index in [1.807, 2.05) is 29.2 Å². The first kappa shape index (κ1) is 22.4. The summed E-state index contributed by atoms with van der Waals surface area (Å²) >= 11 is 3.06. The molecule has 0 aliphatic carbocycles. The van der Waals surface area contributed by atoms with Gasteiger partial charge >= 0.3 is 0 Å². The van der Waals surface area contributed by atoms with E-state index in [2.05, 4.69) is 10.3 Å². The van der Waals surface area contributed by atoms with Gasteiger partial charge in [-0.1, -0.05) is 12.1 Å². The van der Waals surface area contributed by atoms with Gasteiger partial charge < -0.3 is 10.2 Å². The van der Waals surface area contributed by atoms with E-state index < -0.39 is 0 Å². The van der Waals surface area contributed by atoms with Crippen molar-refractivity contribution in [3.05, 3.63) is 62.6 Å². The summed E-state index contributed by atoms with van der Waals surface area (Å²) in [6, 6.07) is 7.95. The molecule has 0 saturated heterocycles. The summed E-state index contributed by atoms with van der Waals surface area (Å²) in [6.07, 6.45) is 2.11. The van der Waals surface area contributed by atoms with Gasteiger partial charge in [0.15, 0.2) is 0 Å². The van der Waals surface area contributed by atoms with Crippen LogP contribution in [-0.2, 0) is 29.1 Å². The second-order valence-electron chi connectivity index (χ2n) is 8.32. The Morgan fingerprint density at radius 2 is 1.97 bits per heavy atom. The van der Waals surface area contributed by atoms with Crippen LogP contribution >= 0.6 is 22.7 Å². The Morgan fingerprint density at radius 1 is 1.18 bits per heavy atom. The van der Waals surface area contributed by atoms with Crippen molar-refractivity contribution in [1.82, 2.24) is 19.4 Å². The molecule has 2 amide bonds. The highest BCUT2D eigenvalue weighted by Gasteiger charge is 2.28. The minimum absolute atomic E-state index is 0.0350. The summed E-state index contributed by atoms with van der Waals surface area (Å²) < 4.78 is 2.39. The van der Waals surface area contributed by atoms with Crippen LogP contribution in [0.5, 0.6) is 0 Å². The van der Waals surface area contributed by atoms with E-state index in [1.54, 1.807) is 32.1 Å². The Balaban J connectivity index is 1.52. The molecule has 4 aromatic rings. The van der Waals surface area contributed by atoms with Crippen LogP contribution in [0.1, 0.15) is 28.6 Å². The van der Waals surface area contributed by atoms with Gasteiger partial charge in [-0.3, -0.25) is 19.0 Å². The highest BCUT2D eigenvalue weighted by molar-refractivity contribution is 7.22. The molecule has 1 aromatic carbocycles. The van der Waals surface area contributed by atoms with Gasteiger partial charge in [0.05, 0.1) is 23.1 Å². The van der Waals surface area contributed by atoms with E-state index in [4.69, 9.17) is 4.98 Å². The molecule has 0 unspecified atom stereocenters. The SMILES string of the molecule is CC(=O)N1CCc2c(sc(NC(=O)Cn3cnc(C)c(C)c3=O)c2-c2nc3ccccc3s2)C1. The zero-order valence-electron chi connectivity index (χ0n) is 19.0. The Morgan fingerprint density at radius 3 is 2.74 bits per heavy atom. The van der Waals surface area contributed by atoms with Gasteiger partial charge in [0.1, 0.15) is 16.6 Å². The number of benzene rings is 1. The van der Waals surface area contributed by atoms with Crippen molar-refractivity contribution in [2.45, 2.75) is 40.3 Å². The molecule has 10 heteroatoms. The van der Waals surface area contributed by atoms with Crippen LogP contribution in [0, 0.1) is 13.8 Å². The number of hydrogen-bond donors (Lipinski definition) is 1. The van der Waals surface area contributed by atoms with E-state index in [0.717, 1.165) is 31.2 Å². The number of aryl methyl sites for hydroxylation is 1. The molecular formula is C24H23N5O3S2. The lowest BCUT2D eigenvalue weighted by molar-refractivity contribution is -0.129. The minimum Gasteiger partial charge on any atom is -0.337 e. The van der Waals surface area contributed by atoms with Crippen molar-refractivity contribution in [2.24, 2.45) is 0 Å². The van der Waals surface area contributed by atoms with Gasteiger partial charge in [0.2, 0.25) is 11.8 Å². The number of aromatic nitrogens is 3. The molecule has 3 aromatic heterocycles. The fourth-order valence-corrected chi connectivity index (χ4v) is 6.46. The second-order valence-corrected chi connectivity index (χ2v) is 10.5. The average Bonchev–Trinajstić information content (AvgIpc) is 3.39. The van der Waals surface area contributed by atoms with Crippen molar-refractivity contribution in [1.29, 1.82) is 0 Å². The summed E-state index contributed by atoms with van der Waals surface area (Å²) in [5.41, 5.74) is 3.91. The Hall–Kier alpha value is -3.37. The molecule has 5 rings (SSSR count). The maximum absolute atomic E-state index is 13.0. The van der Waals surface area contributed by atoms with Crippen LogP contribution in [0.3, 0.4) is 0 Å². The molecule has 0 bridgehead atoms. The summed E-state index contributed by atoms with van der Waals surface area (Å²) in [6.45, 7) is 6.07. The monoisotopic (exact) mass is 493 g/mol. The van der Waals surface area contributed by atoms with Crippen LogP contribution in [0.25, 0.3) is 20.8 Å². The molecule has 174 valence electrons. The van der Waals surface area contributed by atoms with Gasteiger partial charge in [0.25, 0.3) is 5.56 Å². The molecule has 4 heterocycles. The standard InChI is InChI=1S/C24H23N5O3S2/c1-13-14(2)25-12-29(24(13)32)11-20(31)27-23-21(22-26-17-6-4-5-7-18(17)33-22)16-8-9-28(15(3)30)10-19(16)34-23/h4-7,12H,8-11H2,1-3H3,(H,27,31). The number of rotatable bonds is 4. The van der Waals surface area contributed by atoms with Crippen LogP contribution in [0.15, 0.2) is 35.4 Å². The third kappa shape index (κ3) is 4.03. The normalized spacial score (nSPS) is 13.2. The third-order valence-electron chi connectivity index (χ3n) is 6.09. The van der Waals surface area contributed by atoms with E-state index in [1.165, 1.54) is 22.2 Å².